The number of carboxylic acid groups (broad SMARTS) is 1. The van der Waals surface area contributed by atoms with E-state index < -0.39 is 5.97 Å². The Hall–Kier alpha value is -2.10. The summed E-state index contributed by atoms with van der Waals surface area (Å²) < 4.78 is 0. The molecule has 4 nitrogen and oxygen atoms in total. The third kappa shape index (κ3) is 5.02. The molecule has 1 N–H and O–H groups in total. The number of nitrogens with zero attached hydrogens (tertiary/aromatic N) is 1. The quantitative estimate of drug-likeness (QED) is 0.751. The molecule has 1 aliphatic heterocycles. The van der Waals surface area contributed by atoms with Gasteiger partial charge in [-0.1, -0.05) is 36.4 Å². The number of aliphatic carboxylic acids is 1. The first kappa shape index (κ1) is 16.3. The molecule has 0 saturated carbocycles. The molecule has 0 spiro atoms. The molecule has 0 aliphatic carbocycles. The van der Waals surface area contributed by atoms with Crippen molar-refractivity contribution in [1.82, 2.24) is 4.90 Å². The Labute approximate surface area is 131 Å². The maximum absolute atomic E-state index is 12.3. The minimum atomic E-state index is -0.853. The van der Waals surface area contributed by atoms with Crippen molar-refractivity contribution in [2.24, 2.45) is 0 Å². The van der Waals surface area contributed by atoms with Crippen molar-refractivity contribution >= 4 is 11.9 Å². The first-order valence-electron chi connectivity index (χ1n) is 7.91. The van der Waals surface area contributed by atoms with Gasteiger partial charge in [0, 0.05) is 25.1 Å². The summed E-state index contributed by atoms with van der Waals surface area (Å²) in [6.45, 7) is 1.51. The molecule has 1 aliphatic rings. The average molecular weight is 301 g/mol. The van der Waals surface area contributed by atoms with Crippen molar-refractivity contribution in [3.05, 3.63) is 47.5 Å². The van der Waals surface area contributed by atoms with Gasteiger partial charge in [-0.2, -0.15) is 0 Å². The summed E-state index contributed by atoms with van der Waals surface area (Å²) in [5, 5.41) is 8.73. The molecule has 1 aromatic rings. The van der Waals surface area contributed by atoms with E-state index in [9.17, 15) is 9.59 Å². The van der Waals surface area contributed by atoms with Crippen LogP contribution in [0.2, 0.25) is 0 Å². The number of hydrogen-bond donors (Lipinski definition) is 1. The molecule has 0 fully saturated rings. The molecule has 1 amide bonds. The maximum Gasteiger partial charge on any atom is 0.303 e. The van der Waals surface area contributed by atoms with Crippen LogP contribution in [0.5, 0.6) is 0 Å². The number of hydrogen-bond acceptors (Lipinski definition) is 2. The lowest BCUT2D eigenvalue weighted by Gasteiger charge is -2.27. The molecule has 118 valence electrons. The summed E-state index contributed by atoms with van der Waals surface area (Å²) in [6.07, 6.45) is 6.17. The Morgan fingerprint density at radius 1 is 1.14 bits per heavy atom. The minimum absolute atomic E-state index is 0.0206. The molecule has 2 rings (SSSR count). The predicted octanol–water partition coefficient (Wildman–Crippen LogP) is 3.03. The van der Waals surface area contributed by atoms with E-state index in [1.807, 2.05) is 29.2 Å². The number of rotatable bonds is 8. The zero-order valence-corrected chi connectivity index (χ0v) is 12.8. The average Bonchev–Trinajstić information content (AvgIpc) is 2.52. The molecule has 0 radical (unpaired) electrons. The van der Waals surface area contributed by atoms with Crippen molar-refractivity contribution in [2.45, 2.75) is 38.5 Å². The molecule has 1 heterocycles. The van der Waals surface area contributed by atoms with Crippen LogP contribution in [0.1, 0.15) is 37.7 Å². The van der Waals surface area contributed by atoms with Gasteiger partial charge in [0.05, 0.1) is 0 Å². The number of carbonyl (C=O) groups is 2. The standard InChI is InChI=1S/C18H23NO3/c20-17(21)12-11-16-10-6-14-19(18(16)22)13-5-4-9-15-7-2-1-3-8-15/h1-3,7-8,10H,4-6,9,11-14H2,(H,20,21). The number of unbranched alkanes of at least 4 members (excludes halogenated alkanes) is 1. The Balaban J connectivity index is 1.73. The molecule has 0 saturated heterocycles. The predicted molar refractivity (Wildman–Crippen MR) is 85.5 cm³/mol. The van der Waals surface area contributed by atoms with E-state index in [4.69, 9.17) is 5.11 Å². The lowest BCUT2D eigenvalue weighted by Crippen LogP contribution is -2.36. The largest absolute Gasteiger partial charge is 0.481 e. The Bertz CT molecular complexity index is 537. The maximum atomic E-state index is 12.3. The first-order valence-corrected chi connectivity index (χ1v) is 7.91. The number of carboxylic acids is 1. The molecule has 0 unspecified atom stereocenters. The molecule has 22 heavy (non-hydrogen) atoms. The Morgan fingerprint density at radius 3 is 2.64 bits per heavy atom. The minimum Gasteiger partial charge on any atom is -0.481 e. The SMILES string of the molecule is O=C(O)CCC1=CCCN(CCCCc2ccccc2)C1=O. The second kappa shape index (κ2) is 8.37. The van der Waals surface area contributed by atoms with Crippen LogP contribution in [0.25, 0.3) is 0 Å². The van der Waals surface area contributed by atoms with Gasteiger partial charge in [0.1, 0.15) is 0 Å². The van der Waals surface area contributed by atoms with Crippen LogP contribution in [0.3, 0.4) is 0 Å². The highest BCUT2D eigenvalue weighted by atomic mass is 16.4. The normalized spacial score (nSPS) is 14.8. The topological polar surface area (TPSA) is 57.6 Å². The Kier molecular flexibility index (Phi) is 6.19. The first-order chi connectivity index (χ1) is 10.7. The lowest BCUT2D eigenvalue weighted by molar-refractivity contribution is -0.137. The monoisotopic (exact) mass is 301 g/mol. The third-order valence-corrected chi connectivity index (χ3v) is 3.95. The van der Waals surface area contributed by atoms with Gasteiger partial charge in [0.2, 0.25) is 5.91 Å². The molecular weight excluding hydrogens is 278 g/mol. The number of benzene rings is 1. The second-order valence-corrected chi connectivity index (χ2v) is 5.65. The number of amides is 1. The number of aryl methyl sites for hydroxylation is 1. The fraction of sp³-hybridized carbons (Fsp3) is 0.444. The van der Waals surface area contributed by atoms with E-state index in [0.717, 1.165) is 38.8 Å². The molecule has 0 atom stereocenters. The smallest absolute Gasteiger partial charge is 0.303 e. The van der Waals surface area contributed by atoms with E-state index in [1.165, 1.54) is 5.56 Å². The Morgan fingerprint density at radius 2 is 1.91 bits per heavy atom. The third-order valence-electron chi connectivity index (χ3n) is 3.95. The highest BCUT2D eigenvalue weighted by molar-refractivity contribution is 5.94. The lowest BCUT2D eigenvalue weighted by atomic mass is 10.0. The van der Waals surface area contributed by atoms with E-state index in [2.05, 4.69) is 12.1 Å². The zero-order valence-electron chi connectivity index (χ0n) is 12.8. The van der Waals surface area contributed by atoms with Gasteiger partial charge in [-0.05, 0) is 37.7 Å². The molecule has 0 bridgehead atoms. The fourth-order valence-electron chi connectivity index (χ4n) is 2.73. The van der Waals surface area contributed by atoms with Crippen molar-refractivity contribution in [3.63, 3.8) is 0 Å². The van der Waals surface area contributed by atoms with E-state index in [0.29, 0.717) is 12.0 Å². The summed E-state index contributed by atoms with van der Waals surface area (Å²) in [5.74, 6) is -0.833. The summed E-state index contributed by atoms with van der Waals surface area (Å²) in [7, 11) is 0. The second-order valence-electron chi connectivity index (χ2n) is 5.65. The fourth-order valence-corrected chi connectivity index (χ4v) is 2.73. The van der Waals surface area contributed by atoms with E-state index >= 15 is 0 Å². The van der Waals surface area contributed by atoms with Gasteiger partial charge in [0.25, 0.3) is 0 Å². The summed E-state index contributed by atoms with van der Waals surface area (Å²) >= 11 is 0. The molecule has 0 aromatic heterocycles. The van der Waals surface area contributed by atoms with Gasteiger partial charge < -0.3 is 10.0 Å². The van der Waals surface area contributed by atoms with E-state index in [1.54, 1.807) is 0 Å². The highest BCUT2D eigenvalue weighted by Crippen LogP contribution is 2.17. The van der Waals surface area contributed by atoms with Gasteiger partial charge >= 0.3 is 5.97 Å². The summed E-state index contributed by atoms with van der Waals surface area (Å²) in [4.78, 5) is 24.8. The van der Waals surface area contributed by atoms with Crippen molar-refractivity contribution in [2.75, 3.05) is 13.1 Å². The van der Waals surface area contributed by atoms with Crippen LogP contribution in [0.4, 0.5) is 0 Å². The van der Waals surface area contributed by atoms with Crippen LogP contribution in [0, 0.1) is 0 Å². The van der Waals surface area contributed by atoms with Gasteiger partial charge in [-0.3, -0.25) is 9.59 Å². The van der Waals surface area contributed by atoms with Crippen LogP contribution >= 0.6 is 0 Å². The summed E-state index contributed by atoms with van der Waals surface area (Å²) in [6, 6.07) is 10.4. The van der Waals surface area contributed by atoms with Gasteiger partial charge in [-0.15, -0.1) is 0 Å². The van der Waals surface area contributed by atoms with Crippen LogP contribution < -0.4 is 0 Å². The van der Waals surface area contributed by atoms with Crippen molar-refractivity contribution < 1.29 is 14.7 Å². The van der Waals surface area contributed by atoms with Crippen LogP contribution in [-0.4, -0.2) is 35.0 Å². The van der Waals surface area contributed by atoms with Gasteiger partial charge in [0.15, 0.2) is 0 Å². The molecule has 1 aromatic carbocycles. The summed E-state index contributed by atoms with van der Waals surface area (Å²) in [5.41, 5.74) is 1.99. The van der Waals surface area contributed by atoms with Crippen LogP contribution in [0.15, 0.2) is 42.0 Å². The molecule has 4 heteroatoms. The van der Waals surface area contributed by atoms with E-state index in [-0.39, 0.29) is 12.3 Å². The van der Waals surface area contributed by atoms with Gasteiger partial charge in [-0.25, -0.2) is 0 Å². The number of carbonyl (C=O) groups excluding carboxylic acids is 1. The van der Waals surface area contributed by atoms with Crippen molar-refractivity contribution in [3.8, 4) is 0 Å². The van der Waals surface area contributed by atoms with Crippen molar-refractivity contribution in [1.29, 1.82) is 0 Å². The highest BCUT2D eigenvalue weighted by Gasteiger charge is 2.21. The molecular formula is C18H23NO3. The van der Waals surface area contributed by atoms with Crippen LogP contribution in [-0.2, 0) is 16.0 Å². The zero-order chi connectivity index (χ0) is 15.8.